The predicted octanol–water partition coefficient (Wildman–Crippen LogP) is 6.46. The number of nitrogens with zero attached hydrogens (tertiary/aromatic N) is 1. The van der Waals surface area contributed by atoms with Gasteiger partial charge in [-0.1, -0.05) is 101 Å². The lowest BCUT2D eigenvalue weighted by Crippen LogP contribution is -2.43. The van der Waals surface area contributed by atoms with Gasteiger partial charge in [0.2, 0.25) is 5.91 Å². The molecule has 0 saturated carbocycles. The van der Waals surface area contributed by atoms with Crippen LogP contribution >= 0.6 is 0 Å². The molecule has 0 bridgehead atoms. The molecule has 0 aromatic heterocycles. The minimum Gasteiger partial charge on any atom is -0.286 e. The lowest BCUT2D eigenvalue weighted by molar-refractivity contribution is -0.184. The molecule has 146 valence electrons. The molecule has 1 aliphatic heterocycles. The summed E-state index contributed by atoms with van der Waals surface area (Å²) < 4.78 is 0. The highest BCUT2D eigenvalue weighted by molar-refractivity contribution is 5.77. The maximum absolute atomic E-state index is 12.1. The summed E-state index contributed by atoms with van der Waals surface area (Å²) in [4.78, 5) is 12.1. The Morgan fingerprint density at radius 1 is 0.923 bits per heavy atom. The Balaban J connectivity index is 1.62. The first-order valence-electron chi connectivity index (χ1n) is 10.8. The number of hydrogen-bond acceptors (Lipinski definition) is 2. The van der Waals surface area contributed by atoms with Crippen molar-refractivity contribution in [3.8, 4) is 0 Å². The molecule has 1 heterocycles. The topological polar surface area (TPSA) is 40.5 Å². The van der Waals surface area contributed by atoms with Crippen LogP contribution in [0, 0.1) is 0 Å². The van der Waals surface area contributed by atoms with Crippen molar-refractivity contribution in [2.75, 3.05) is 0 Å². The lowest BCUT2D eigenvalue weighted by Gasteiger charge is -2.35. The minimum absolute atomic E-state index is 0.0181. The molecule has 1 saturated heterocycles. The first-order chi connectivity index (χ1) is 12.7. The highest BCUT2D eigenvalue weighted by Gasteiger charge is 2.33. The SMILES string of the molecule is CCCCCCCCCCCC[C@@H]1C[C@H](c2ccccc2)CC(=O)N1O. The summed E-state index contributed by atoms with van der Waals surface area (Å²) in [5, 5.41) is 11.2. The second-order valence-electron chi connectivity index (χ2n) is 7.91. The van der Waals surface area contributed by atoms with E-state index in [9.17, 15) is 10.0 Å². The van der Waals surface area contributed by atoms with Gasteiger partial charge in [-0.25, -0.2) is 5.06 Å². The number of rotatable bonds is 12. The molecule has 1 aromatic rings. The van der Waals surface area contributed by atoms with Gasteiger partial charge in [0.1, 0.15) is 0 Å². The monoisotopic (exact) mass is 359 g/mol. The van der Waals surface area contributed by atoms with Gasteiger partial charge in [0.25, 0.3) is 0 Å². The fraction of sp³-hybridized carbons (Fsp3) is 0.696. The van der Waals surface area contributed by atoms with Crippen LogP contribution in [-0.2, 0) is 4.79 Å². The third-order valence-corrected chi connectivity index (χ3v) is 5.74. The van der Waals surface area contributed by atoms with Gasteiger partial charge in [0, 0.05) is 6.42 Å². The summed E-state index contributed by atoms with van der Waals surface area (Å²) >= 11 is 0. The van der Waals surface area contributed by atoms with Gasteiger partial charge in [-0.3, -0.25) is 10.0 Å². The number of hydrogen-bond donors (Lipinski definition) is 1. The lowest BCUT2D eigenvalue weighted by atomic mass is 9.84. The van der Waals surface area contributed by atoms with Crippen LogP contribution in [0.3, 0.4) is 0 Å². The number of unbranched alkanes of at least 4 members (excludes halogenated alkanes) is 9. The van der Waals surface area contributed by atoms with Crippen LogP contribution in [0.15, 0.2) is 30.3 Å². The fourth-order valence-corrected chi connectivity index (χ4v) is 4.11. The summed E-state index contributed by atoms with van der Waals surface area (Å²) in [6.45, 7) is 2.26. The summed E-state index contributed by atoms with van der Waals surface area (Å²) in [5.74, 6) is 0.127. The average Bonchev–Trinajstić information content (AvgIpc) is 2.67. The van der Waals surface area contributed by atoms with Crippen molar-refractivity contribution in [1.82, 2.24) is 5.06 Å². The molecule has 3 nitrogen and oxygen atoms in total. The van der Waals surface area contributed by atoms with E-state index >= 15 is 0 Å². The quantitative estimate of drug-likeness (QED) is 0.343. The molecule has 26 heavy (non-hydrogen) atoms. The Kier molecular flexibility index (Phi) is 9.76. The van der Waals surface area contributed by atoms with Gasteiger partial charge in [0.05, 0.1) is 6.04 Å². The van der Waals surface area contributed by atoms with Crippen molar-refractivity contribution in [3.63, 3.8) is 0 Å². The third-order valence-electron chi connectivity index (χ3n) is 5.74. The molecular formula is C23H37NO2. The standard InChI is InChI=1S/C23H37NO2/c1-2-3-4-5-6-7-8-9-10-14-17-22-18-21(19-23(25)24(22)26)20-15-12-11-13-16-20/h11-13,15-16,21-22,26H,2-10,14,17-19H2,1H3/t21-,22+/m0/s1. The minimum atomic E-state index is -0.123. The van der Waals surface area contributed by atoms with E-state index in [0.717, 1.165) is 24.3 Å². The molecule has 1 aromatic carbocycles. The smallest absolute Gasteiger partial charge is 0.246 e. The molecule has 2 rings (SSSR count). The number of amides is 1. The zero-order chi connectivity index (χ0) is 18.6. The fourth-order valence-electron chi connectivity index (χ4n) is 4.11. The van der Waals surface area contributed by atoms with Gasteiger partial charge in [-0.2, -0.15) is 0 Å². The highest BCUT2D eigenvalue weighted by atomic mass is 16.5. The Labute approximate surface area is 159 Å². The molecule has 1 fully saturated rings. The van der Waals surface area contributed by atoms with Crippen LogP contribution in [0.2, 0.25) is 0 Å². The molecule has 0 aliphatic carbocycles. The van der Waals surface area contributed by atoms with E-state index in [1.54, 1.807) is 0 Å². The largest absolute Gasteiger partial charge is 0.286 e. The van der Waals surface area contributed by atoms with E-state index in [0.29, 0.717) is 6.42 Å². The Bertz CT molecular complexity index is 502. The van der Waals surface area contributed by atoms with E-state index in [1.165, 1.54) is 63.4 Å². The van der Waals surface area contributed by atoms with Crippen LogP contribution in [0.4, 0.5) is 0 Å². The zero-order valence-corrected chi connectivity index (χ0v) is 16.5. The first kappa shape index (κ1) is 21.0. The van der Waals surface area contributed by atoms with Gasteiger partial charge in [-0.15, -0.1) is 0 Å². The second kappa shape index (κ2) is 12.1. The Morgan fingerprint density at radius 2 is 1.50 bits per heavy atom. The van der Waals surface area contributed by atoms with Gasteiger partial charge in [-0.05, 0) is 24.3 Å². The van der Waals surface area contributed by atoms with Crippen LogP contribution < -0.4 is 0 Å². The van der Waals surface area contributed by atoms with E-state index in [4.69, 9.17) is 0 Å². The van der Waals surface area contributed by atoms with Crippen LogP contribution in [0.1, 0.15) is 102 Å². The highest BCUT2D eigenvalue weighted by Crippen LogP contribution is 2.33. The number of carbonyl (C=O) groups excluding carboxylic acids is 1. The van der Waals surface area contributed by atoms with E-state index in [-0.39, 0.29) is 17.9 Å². The molecule has 1 amide bonds. The summed E-state index contributed by atoms with van der Waals surface area (Å²) in [5.41, 5.74) is 1.22. The van der Waals surface area contributed by atoms with E-state index in [1.807, 2.05) is 18.2 Å². The summed E-state index contributed by atoms with van der Waals surface area (Å²) in [6.07, 6.45) is 15.3. The molecule has 1 N–H and O–H groups in total. The number of carbonyl (C=O) groups is 1. The normalized spacial score (nSPS) is 20.5. The average molecular weight is 360 g/mol. The summed E-state index contributed by atoms with van der Waals surface area (Å²) in [6, 6.07) is 10.2. The van der Waals surface area contributed by atoms with Crippen molar-refractivity contribution < 1.29 is 10.0 Å². The van der Waals surface area contributed by atoms with Gasteiger partial charge in [0.15, 0.2) is 0 Å². The molecule has 1 aliphatic rings. The van der Waals surface area contributed by atoms with Crippen molar-refractivity contribution >= 4 is 5.91 Å². The maximum Gasteiger partial charge on any atom is 0.246 e. The van der Waals surface area contributed by atoms with Crippen molar-refractivity contribution in [2.45, 2.75) is 102 Å². The Morgan fingerprint density at radius 3 is 2.12 bits per heavy atom. The van der Waals surface area contributed by atoms with Gasteiger partial charge < -0.3 is 0 Å². The molecule has 0 unspecified atom stereocenters. The van der Waals surface area contributed by atoms with Gasteiger partial charge >= 0.3 is 0 Å². The third kappa shape index (κ3) is 7.11. The molecule has 3 heteroatoms. The zero-order valence-electron chi connectivity index (χ0n) is 16.5. The van der Waals surface area contributed by atoms with Crippen molar-refractivity contribution in [3.05, 3.63) is 35.9 Å². The van der Waals surface area contributed by atoms with E-state index < -0.39 is 0 Å². The van der Waals surface area contributed by atoms with Crippen molar-refractivity contribution in [2.24, 2.45) is 0 Å². The second-order valence-corrected chi connectivity index (χ2v) is 7.91. The number of benzene rings is 1. The molecule has 0 radical (unpaired) electrons. The first-order valence-corrected chi connectivity index (χ1v) is 10.8. The number of hydroxylamine groups is 2. The summed E-state index contributed by atoms with van der Waals surface area (Å²) in [7, 11) is 0. The number of piperidine rings is 1. The molecule has 2 atom stereocenters. The maximum atomic E-state index is 12.1. The Hall–Kier alpha value is -1.35. The van der Waals surface area contributed by atoms with Crippen LogP contribution in [-0.4, -0.2) is 22.2 Å². The molecule has 0 spiro atoms. The van der Waals surface area contributed by atoms with E-state index in [2.05, 4.69) is 19.1 Å². The van der Waals surface area contributed by atoms with Crippen LogP contribution in [0.25, 0.3) is 0 Å². The molecular weight excluding hydrogens is 322 g/mol. The van der Waals surface area contributed by atoms with Crippen LogP contribution in [0.5, 0.6) is 0 Å². The van der Waals surface area contributed by atoms with Crippen molar-refractivity contribution in [1.29, 1.82) is 0 Å². The predicted molar refractivity (Wildman–Crippen MR) is 107 cm³/mol.